The van der Waals surface area contributed by atoms with E-state index >= 15 is 0 Å². The largest absolute Gasteiger partial charge is 0.573 e. The molecule has 1 fully saturated rings. The highest BCUT2D eigenvalue weighted by molar-refractivity contribution is 7.22. The number of thiazole rings is 1. The molecule has 1 aliphatic rings. The molecule has 39 heavy (non-hydrogen) atoms. The van der Waals surface area contributed by atoms with Gasteiger partial charge < -0.3 is 20.1 Å². The molecule has 0 spiro atoms. The highest BCUT2D eigenvalue weighted by atomic mass is 32.1. The molecule has 8 nitrogen and oxygen atoms in total. The maximum absolute atomic E-state index is 13.0. The van der Waals surface area contributed by atoms with Crippen LogP contribution >= 0.6 is 11.3 Å². The van der Waals surface area contributed by atoms with E-state index in [1.54, 1.807) is 25.1 Å². The summed E-state index contributed by atoms with van der Waals surface area (Å²) in [4.78, 5) is 34.0. The van der Waals surface area contributed by atoms with Crippen LogP contribution in [0.5, 0.6) is 11.6 Å². The molecule has 0 saturated heterocycles. The zero-order chi connectivity index (χ0) is 27.7. The minimum absolute atomic E-state index is 0.0137. The van der Waals surface area contributed by atoms with E-state index in [9.17, 15) is 22.8 Å². The summed E-state index contributed by atoms with van der Waals surface area (Å²) in [5.74, 6) is -0.855. The number of aromatic nitrogens is 2. The normalized spacial score (nSPS) is 14.1. The fourth-order valence-electron chi connectivity index (χ4n) is 4.03. The molecule has 2 heterocycles. The van der Waals surface area contributed by atoms with Gasteiger partial charge in [0.15, 0.2) is 5.13 Å². The number of alkyl halides is 3. The maximum Gasteiger partial charge on any atom is 0.573 e. The monoisotopic (exact) mass is 556 g/mol. The minimum atomic E-state index is -4.86. The van der Waals surface area contributed by atoms with Gasteiger partial charge in [-0.25, -0.2) is 9.97 Å². The van der Waals surface area contributed by atoms with Gasteiger partial charge in [0, 0.05) is 17.0 Å². The number of methoxy groups -OCH3 is 1. The number of anilines is 1. The first kappa shape index (κ1) is 26.4. The Kier molecular flexibility index (Phi) is 7.13. The van der Waals surface area contributed by atoms with Gasteiger partial charge in [-0.05, 0) is 50.1 Å². The van der Waals surface area contributed by atoms with Crippen molar-refractivity contribution < 1.29 is 32.2 Å². The summed E-state index contributed by atoms with van der Waals surface area (Å²) in [6.07, 6.45) is -3.06. The van der Waals surface area contributed by atoms with Gasteiger partial charge in [-0.1, -0.05) is 35.6 Å². The molecule has 12 heteroatoms. The first-order chi connectivity index (χ1) is 18.6. The quantitative estimate of drug-likeness (QED) is 0.272. The number of hydrogen-bond donors (Lipinski definition) is 2. The van der Waals surface area contributed by atoms with Crippen molar-refractivity contribution >= 4 is 38.5 Å². The van der Waals surface area contributed by atoms with E-state index in [0.717, 1.165) is 28.6 Å². The number of benzene rings is 2. The van der Waals surface area contributed by atoms with Crippen molar-refractivity contribution in [2.24, 2.45) is 5.92 Å². The number of rotatable bonds is 8. The lowest BCUT2D eigenvalue weighted by atomic mass is 10.1. The third-order valence-corrected chi connectivity index (χ3v) is 7.05. The lowest BCUT2D eigenvalue weighted by molar-refractivity contribution is -0.275. The van der Waals surface area contributed by atoms with Crippen LogP contribution in [0.15, 0.2) is 54.6 Å². The molecule has 202 valence electrons. The second-order valence-corrected chi connectivity index (χ2v) is 10.0. The molecule has 2 aromatic carbocycles. The third kappa shape index (κ3) is 6.11. The standard InChI is InChI=1S/C27H23F3N4O4S/c1-14(17-5-3-4-6-21(17)38-27(28,29)30)31-24(36)18-10-12-19(32-25(18)37-2)16-9-11-20-22(13-16)39-26(33-20)34-23(35)15-7-8-15/h3-6,9-15H,7-8H2,1-2H3,(H,31,36)(H,33,34,35). The zero-order valence-corrected chi connectivity index (χ0v) is 21.7. The van der Waals surface area contributed by atoms with Crippen LogP contribution in [-0.4, -0.2) is 35.3 Å². The number of pyridine rings is 1. The smallest absolute Gasteiger partial charge is 0.480 e. The molecule has 5 rings (SSSR count). The number of hydrogen-bond acceptors (Lipinski definition) is 7. The summed E-state index contributed by atoms with van der Waals surface area (Å²) in [5, 5.41) is 6.07. The van der Waals surface area contributed by atoms with Crippen LogP contribution in [0.1, 0.15) is 41.7 Å². The van der Waals surface area contributed by atoms with Gasteiger partial charge in [-0.2, -0.15) is 0 Å². The van der Waals surface area contributed by atoms with Crippen LogP contribution in [0.3, 0.4) is 0 Å². The highest BCUT2D eigenvalue weighted by Crippen LogP contribution is 2.34. The average molecular weight is 557 g/mol. The molecule has 2 aromatic heterocycles. The van der Waals surface area contributed by atoms with Crippen molar-refractivity contribution in [2.45, 2.75) is 32.2 Å². The fraction of sp³-hybridized carbons (Fsp3) is 0.259. The van der Waals surface area contributed by atoms with Crippen molar-refractivity contribution in [1.29, 1.82) is 0 Å². The number of halogens is 3. The summed E-state index contributed by atoms with van der Waals surface area (Å²) in [6.45, 7) is 1.55. The van der Waals surface area contributed by atoms with Crippen LogP contribution in [0, 0.1) is 5.92 Å². The van der Waals surface area contributed by atoms with Crippen LogP contribution in [0.2, 0.25) is 0 Å². The average Bonchev–Trinajstić information content (AvgIpc) is 3.67. The van der Waals surface area contributed by atoms with E-state index in [1.165, 1.54) is 36.6 Å². The number of amides is 2. The van der Waals surface area contributed by atoms with Crippen molar-refractivity contribution in [3.05, 3.63) is 65.7 Å². The number of nitrogens with one attached hydrogen (secondary N) is 2. The van der Waals surface area contributed by atoms with Gasteiger partial charge in [0.05, 0.1) is 29.1 Å². The van der Waals surface area contributed by atoms with Crippen molar-refractivity contribution in [1.82, 2.24) is 15.3 Å². The first-order valence-electron chi connectivity index (χ1n) is 12.0. The Bertz CT molecular complexity index is 1550. The number of para-hydroxylation sites is 1. The van der Waals surface area contributed by atoms with E-state index in [4.69, 9.17) is 4.74 Å². The minimum Gasteiger partial charge on any atom is -0.480 e. The Morgan fingerprint density at radius 1 is 1.08 bits per heavy atom. The van der Waals surface area contributed by atoms with E-state index in [0.29, 0.717) is 10.8 Å². The molecule has 1 saturated carbocycles. The van der Waals surface area contributed by atoms with Crippen LogP contribution < -0.4 is 20.1 Å². The molecule has 1 atom stereocenters. The Balaban J connectivity index is 1.34. The Morgan fingerprint density at radius 3 is 2.56 bits per heavy atom. The number of fused-ring (bicyclic) bond motifs is 1. The molecular weight excluding hydrogens is 533 g/mol. The van der Waals surface area contributed by atoms with Crippen molar-refractivity contribution in [2.75, 3.05) is 12.4 Å². The summed E-state index contributed by atoms with van der Waals surface area (Å²) in [7, 11) is 1.38. The number of carbonyl (C=O) groups is 2. The second-order valence-electron chi connectivity index (χ2n) is 9.00. The summed E-state index contributed by atoms with van der Waals surface area (Å²) < 4.78 is 48.7. The summed E-state index contributed by atoms with van der Waals surface area (Å²) in [5.41, 5.74) is 2.31. The van der Waals surface area contributed by atoms with Gasteiger partial charge >= 0.3 is 6.36 Å². The maximum atomic E-state index is 13.0. The van der Waals surface area contributed by atoms with E-state index in [2.05, 4.69) is 25.3 Å². The van der Waals surface area contributed by atoms with Gasteiger partial charge in [0.2, 0.25) is 11.8 Å². The summed E-state index contributed by atoms with van der Waals surface area (Å²) >= 11 is 1.36. The summed E-state index contributed by atoms with van der Waals surface area (Å²) in [6, 6.07) is 13.5. The SMILES string of the molecule is COc1nc(-c2ccc3nc(NC(=O)C4CC4)sc3c2)ccc1C(=O)NC(C)c1ccccc1OC(F)(F)F. The molecule has 1 aliphatic carbocycles. The van der Waals surface area contributed by atoms with E-state index in [-0.39, 0.29) is 28.8 Å². The Morgan fingerprint density at radius 2 is 1.85 bits per heavy atom. The van der Waals surface area contributed by atoms with Crippen molar-refractivity contribution in [3.8, 4) is 22.9 Å². The van der Waals surface area contributed by atoms with Crippen molar-refractivity contribution in [3.63, 3.8) is 0 Å². The van der Waals surface area contributed by atoms with Gasteiger partial charge in [0.25, 0.3) is 5.91 Å². The van der Waals surface area contributed by atoms with Crippen LogP contribution in [0.4, 0.5) is 18.3 Å². The van der Waals surface area contributed by atoms with E-state index < -0.39 is 24.1 Å². The second kappa shape index (κ2) is 10.5. The first-order valence-corrected chi connectivity index (χ1v) is 12.9. The highest BCUT2D eigenvalue weighted by Gasteiger charge is 2.33. The third-order valence-electron chi connectivity index (χ3n) is 6.12. The fourth-order valence-corrected chi connectivity index (χ4v) is 4.94. The predicted molar refractivity (Wildman–Crippen MR) is 140 cm³/mol. The molecule has 4 aromatic rings. The topological polar surface area (TPSA) is 102 Å². The number of carbonyl (C=O) groups excluding carboxylic acids is 2. The zero-order valence-electron chi connectivity index (χ0n) is 20.8. The van der Waals surface area contributed by atoms with Crippen LogP contribution in [0.25, 0.3) is 21.5 Å². The Labute approximate surface area is 225 Å². The molecule has 0 radical (unpaired) electrons. The number of ether oxygens (including phenoxy) is 2. The molecule has 0 bridgehead atoms. The molecule has 1 unspecified atom stereocenters. The van der Waals surface area contributed by atoms with Gasteiger partial charge in [-0.15, -0.1) is 13.2 Å². The van der Waals surface area contributed by atoms with Gasteiger partial charge in [-0.3, -0.25) is 9.59 Å². The van der Waals surface area contributed by atoms with Crippen LogP contribution in [-0.2, 0) is 4.79 Å². The Hall–Kier alpha value is -4.19. The molecule has 2 amide bonds. The molecule has 2 N–H and O–H groups in total. The lowest BCUT2D eigenvalue weighted by Gasteiger charge is -2.19. The predicted octanol–water partition coefficient (Wildman–Crippen LogP) is 6.11. The van der Waals surface area contributed by atoms with Gasteiger partial charge in [0.1, 0.15) is 11.3 Å². The lowest BCUT2D eigenvalue weighted by Crippen LogP contribution is -2.28. The molecular formula is C27H23F3N4O4S. The molecule has 0 aliphatic heterocycles. The van der Waals surface area contributed by atoms with E-state index in [1.807, 2.05) is 18.2 Å². The number of nitrogens with zero attached hydrogens (tertiary/aromatic N) is 2.